The first-order valence-electron chi connectivity index (χ1n) is 30.8. The Morgan fingerprint density at radius 3 is 0.889 bits per heavy atom. The lowest BCUT2D eigenvalue weighted by Gasteiger charge is -2.11. The second-order valence-corrected chi connectivity index (χ2v) is 20.5. The van der Waals surface area contributed by atoms with Gasteiger partial charge in [0.05, 0.1) is 11.1 Å². The Labute approximate surface area is 453 Å². The molecular formula is C68H88N4+4. The summed E-state index contributed by atoms with van der Waals surface area (Å²) in [6.45, 7) is 24.2. The SMILES string of the molecule is Cc1cc(C)c(-c2cc(C)c(C)c[n+]2C)c(C)c1.Cc1cc(C)c(-c2cc(C)c(C)c[n+]2C)cc1C.[2H]C([2H])([2H])c1cc(C)c(-c2cc(C)c(C([2H])([2H])[2H])c[n+]2C)c(C)c1.[2H]C([2H])([2H])c1cc(C)c(-c2cc(C)c(C([2H])([2H])[2H])c[n+]2C)cc1C. The Balaban J connectivity index is 0.000000207. The first-order valence-corrected chi connectivity index (χ1v) is 24.8. The molecule has 0 saturated carbocycles. The van der Waals surface area contributed by atoms with E-state index in [-0.39, 0.29) is 0 Å². The molecule has 0 aliphatic carbocycles. The summed E-state index contributed by atoms with van der Waals surface area (Å²) in [5.74, 6) is 0. The summed E-state index contributed by atoms with van der Waals surface area (Å²) < 4.78 is 99.4. The molecule has 4 heterocycles. The maximum Gasteiger partial charge on any atom is 0.213 e. The predicted octanol–water partition coefficient (Wildman–Crippen LogP) is 14.9. The van der Waals surface area contributed by atoms with Gasteiger partial charge in [-0.25, -0.2) is 18.3 Å². The fourth-order valence-electron chi connectivity index (χ4n) is 9.58. The number of hydrogen-bond donors (Lipinski definition) is 0. The lowest BCUT2D eigenvalue weighted by atomic mass is 9.95. The standard InChI is InChI=1S/4C17H22N/c2*1-11-7-14(4)16(8-12(11)2)17-9-13(3)15(5)10-18(17)6;2*1-11-7-13(3)17(14(4)8-11)16-9-12(2)15(5)10-18(16)6/h4*7-10H,1-6H3/q4*+1/i1D3,5D3;;1D3,5D3;. The smallest absolute Gasteiger partial charge is 0.201 e. The fourth-order valence-corrected chi connectivity index (χ4v) is 9.58. The highest BCUT2D eigenvalue weighted by atomic mass is 14.9. The topological polar surface area (TPSA) is 15.5 Å². The quantitative estimate of drug-likeness (QED) is 0.156. The average molecular weight is 974 g/mol. The Hall–Kier alpha value is -6.52. The van der Waals surface area contributed by atoms with Crippen LogP contribution in [0.15, 0.2) is 97.6 Å². The van der Waals surface area contributed by atoms with E-state index in [0.29, 0.717) is 38.9 Å². The molecule has 0 bridgehead atoms. The Morgan fingerprint density at radius 1 is 0.236 bits per heavy atom. The molecule has 0 aliphatic rings. The van der Waals surface area contributed by atoms with Gasteiger partial charge in [0.2, 0.25) is 22.8 Å². The molecule has 0 spiro atoms. The minimum absolute atomic E-state index is 0.319. The number of benzene rings is 4. The third-order valence-corrected chi connectivity index (χ3v) is 14.1. The molecule has 72 heavy (non-hydrogen) atoms. The third kappa shape index (κ3) is 13.1. The van der Waals surface area contributed by atoms with Gasteiger partial charge in [-0.15, -0.1) is 0 Å². The molecule has 0 saturated heterocycles. The van der Waals surface area contributed by atoms with E-state index in [0.717, 1.165) is 39.2 Å². The summed E-state index contributed by atoms with van der Waals surface area (Å²) >= 11 is 0. The maximum atomic E-state index is 7.62. The van der Waals surface area contributed by atoms with Crippen LogP contribution in [0.4, 0.5) is 0 Å². The first-order chi connectivity index (χ1) is 38.4. The van der Waals surface area contributed by atoms with Crippen LogP contribution in [0, 0.1) is 138 Å². The van der Waals surface area contributed by atoms with Crippen LogP contribution >= 0.6 is 0 Å². The highest BCUT2D eigenvalue weighted by molar-refractivity contribution is 5.68. The molecule has 0 fully saturated rings. The number of hydrogen-bond acceptors (Lipinski definition) is 0. The minimum atomic E-state index is -2.16. The van der Waals surface area contributed by atoms with Crippen molar-refractivity contribution in [2.24, 2.45) is 28.2 Å². The van der Waals surface area contributed by atoms with Gasteiger partial charge in [0.1, 0.15) is 28.2 Å². The molecule has 0 unspecified atom stereocenters. The van der Waals surface area contributed by atoms with Crippen LogP contribution in [-0.2, 0) is 28.2 Å². The lowest BCUT2D eigenvalue weighted by Crippen LogP contribution is -2.31. The van der Waals surface area contributed by atoms with Crippen molar-refractivity contribution in [3.8, 4) is 45.0 Å². The second kappa shape index (κ2) is 23.4. The van der Waals surface area contributed by atoms with Crippen molar-refractivity contribution in [2.45, 2.75) is 138 Å². The molecule has 0 radical (unpaired) electrons. The van der Waals surface area contributed by atoms with Gasteiger partial charge in [-0.2, -0.15) is 0 Å². The van der Waals surface area contributed by atoms with E-state index < -0.39 is 27.4 Å². The zero-order chi connectivity index (χ0) is 63.8. The molecule has 0 amide bonds. The Bertz CT molecular complexity index is 3620. The van der Waals surface area contributed by atoms with Crippen LogP contribution in [0.25, 0.3) is 45.0 Å². The van der Waals surface area contributed by atoms with Gasteiger partial charge in [0.15, 0.2) is 24.8 Å². The van der Waals surface area contributed by atoms with E-state index in [2.05, 4.69) is 141 Å². The lowest BCUT2D eigenvalue weighted by molar-refractivity contribution is -0.660. The van der Waals surface area contributed by atoms with Gasteiger partial charge < -0.3 is 0 Å². The Kier molecular flexibility index (Phi) is 13.3. The van der Waals surface area contributed by atoms with Crippen molar-refractivity contribution in [1.29, 1.82) is 0 Å². The minimum Gasteiger partial charge on any atom is -0.201 e. The van der Waals surface area contributed by atoms with E-state index in [1.54, 1.807) is 74.6 Å². The van der Waals surface area contributed by atoms with Crippen molar-refractivity contribution in [1.82, 2.24) is 0 Å². The number of aryl methyl sites for hydroxylation is 24. The van der Waals surface area contributed by atoms with Crippen molar-refractivity contribution in [2.75, 3.05) is 0 Å². The summed E-state index contributed by atoms with van der Waals surface area (Å²) in [7, 11) is 7.86. The van der Waals surface area contributed by atoms with Crippen molar-refractivity contribution in [3.05, 3.63) is 209 Å². The molecule has 0 atom stereocenters. The summed E-state index contributed by atoms with van der Waals surface area (Å²) in [6.07, 6.45) is 7.68. The van der Waals surface area contributed by atoms with E-state index >= 15 is 0 Å². The number of aromatic nitrogens is 4. The van der Waals surface area contributed by atoms with E-state index in [4.69, 9.17) is 16.4 Å². The van der Waals surface area contributed by atoms with E-state index in [9.17, 15) is 0 Å². The van der Waals surface area contributed by atoms with E-state index in [1.165, 1.54) is 78.1 Å². The summed E-state index contributed by atoms with van der Waals surface area (Å²) in [6, 6.07) is 24.3. The molecule has 4 nitrogen and oxygen atoms in total. The van der Waals surface area contributed by atoms with Gasteiger partial charge >= 0.3 is 0 Å². The molecule has 8 aromatic rings. The van der Waals surface area contributed by atoms with Crippen LogP contribution in [0.2, 0.25) is 0 Å². The van der Waals surface area contributed by atoms with Gasteiger partial charge in [0.25, 0.3) is 0 Å². The average Bonchev–Trinajstić information content (AvgIpc) is 2.79. The van der Waals surface area contributed by atoms with Crippen LogP contribution in [0.3, 0.4) is 0 Å². The zero-order valence-electron chi connectivity index (χ0n) is 59.0. The normalized spacial score (nSPS) is 13.9. The van der Waals surface area contributed by atoms with Gasteiger partial charge in [-0.05, 0) is 228 Å². The molecule has 4 aromatic heterocycles. The second-order valence-electron chi connectivity index (χ2n) is 20.5. The number of nitrogens with zero attached hydrogens (tertiary/aromatic N) is 4. The van der Waals surface area contributed by atoms with E-state index in [1.807, 2.05) is 39.0 Å². The molecular weight excluding hydrogens is 873 g/mol. The molecule has 0 N–H and O–H groups in total. The molecule has 4 heteroatoms. The number of pyridine rings is 4. The largest absolute Gasteiger partial charge is 0.213 e. The predicted molar refractivity (Wildman–Crippen MR) is 307 cm³/mol. The fraction of sp³-hybridized carbons (Fsp3) is 0.353. The Morgan fingerprint density at radius 2 is 0.514 bits per heavy atom. The van der Waals surface area contributed by atoms with Crippen molar-refractivity contribution < 1.29 is 34.7 Å². The highest BCUT2D eigenvalue weighted by Crippen LogP contribution is 2.30. The summed E-state index contributed by atoms with van der Waals surface area (Å²) in [5, 5.41) is 0. The third-order valence-electron chi connectivity index (χ3n) is 14.1. The first kappa shape index (κ1) is 41.0. The molecule has 8 rings (SSSR count). The van der Waals surface area contributed by atoms with Crippen LogP contribution in [0.1, 0.15) is 128 Å². The highest BCUT2D eigenvalue weighted by Gasteiger charge is 2.20. The van der Waals surface area contributed by atoms with Gasteiger partial charge in [-0.1, -0.05) is 47.5 Å². The monoisotopic (exact) mass is 973 g/mol. The summed E-state index contributed by atoms with van der Waals surface area (Å²) in [5.41, 5.74) is 28.3. The molecule has 0 aliphatic heterocycles. The molecule has 376 valence electrons. The number of rotatable bonds is 4. The van der Waals surface area contributed by atoms with Gasteiger partial charge in [0, 0.05) is 74.1 Å². The van der Waals surface area contributed by atoms with Crippen LogP contribution in [0.5, 0.6) is 0 Å². The van der Waals surface area contributed by atoms with Crippen LogP contribution < -0.4 is 18.3 Å². The van der Waals surface area contributed by atoms with Crippen LogP contribution in [-0.4, -0.2) is 0 Å². The molecule has 4 aromatic carbocycles. The van der Waals surface area contributed by atoms with Gasteiger partial charge in [-0.3, -0.25) is 0 Å². The van der Waals surface area contributed by atoms with Crippen molar-refractivity contribution >= 4 is 0 Å². The van der Waals surface area contributed by atoms with Crippen molar-refractivity contribution in [3.63, 3.8) is 0 Å². The summed E-state index contributed by atoms with van der Waals surface area (Å²) in [4.78, 5) is 0. The maximum absolute atomic E-state index is 7.62. The zero-order valence-corrected chi connectivity index (χ0v) is 47.0.